The number of ether oxygens (including phenoxy) is 2. The van der Waals surface area contributed by atoms with E-state index in [1.54, 1.807) is 19.5 Å². The number of benzene rings is 1. The molecule has 2 N–H and O–H groups in total. The zero-order chi connectivity index (χ0) is 13.7. The summed E-state index contributed by atoms with van der Waals surface area (Å²) < 4.78 is 10.6. The molecule has 1 heterocycles. The zero-order valence-corrected chi connectivity index (χ0v) is 11.2. The van der Waals surface area contributed by atoms with E-state index in [9.17, 15) is 0 Å². The lowest BCUT2D eigenvalue weighted by Gasteiger charge is -2.14. The van der Waals surface area contributed by atoms with Gasteiger partial charge in [0.15, 0.2) is 0 Å². The van der Waals surface area contributed by atoms with Gasteiger partial charge in [-0.25, -0.2) is 0 Å². The maximum absolute atomic E-state index is 6.25. The Morgan fingerprint density at radius 3 is 2.68 bits per heavy atom. The summed E-state index contributed by atoms with van der Waals surface area (Å²) in [5, 5.41) is 0. The Labute approximate surface area is 113 Å². The third kappa shape index (κ3) is 3.23. The van der Waals surface area contributed by atoms with Crippen LogP contribution < -0.4 is 15.2 Å². The molecule has 0 aliphatic heterocycles. The van der Waals surface area contributed by atoms with Crippen LogP contribution in [0.5, 0.6) is 11.5 Å². The van der Waals surface area contributed by atoms with Crippen LogP contribution in [0.15, 0.2) is 42.7 Å². The van der Waals surface area contributed by atoms with Crippen LogP contribution in [0.1, 0.15) is 24.1 Å². The molecule has 2 rings (SSSR count). The van der Waals surface area contributed by atoms with Gasteiger partial charge in [-0.15, -0.1) is 0 Å². The summed E-state index contributed by atoms with van der Waals surface area (Å²) in [5.74, 6) is 1.53. The quantitative estimate of drug-likeness (QED) is 0.895. The molecule has 0 aliphatic rings. The van der Waals surface area contributed by atoms with E-state index in [0.717, 1.165) is 22.6 Å². The number of pyridine rings is 1. The van der Waals surface area contributed by atoms with E-state index in [1.165, 1.54) is 0 Å². The van der Waals surface area contributed by atoms with Gasteiger partial charge >= 0.3 is 0 Å². The van der Waals surface area contributed by atoms with Gasteiger partial charge < -0.3 is 15.2 Å². The van der Waals surface area contributed by atoms with Crippen LogP contribution in [-0.2, 0) is 0 Å². The first kappa shape index (κ1) is 13.4. The smallest absolute Gasteiger partial charge is 0.137 e. The van der Waals surface area contributed by atoms with Gasteiger partial charge in [-0.3, -0.25) is 4.98 Å². The highest BCUT2D eigenvalue weighted by atomic mass is 16.5. The van der Waals surface area contributed by atoms with Crippen LogP contribution in [0.2, 0.25) is 0 Å². The highest BCUT2D eigenvalue weighted by molar-refractivity contribution is 5.37. The van der Waals surface area contributed by atoms with Crippen molar-refractivity contribution < 1.29 is 9.47 Å². The molecule has 0 radical (unpaired) electrons. The lowest BCUT2D eigenvalue weighted by atomic mass is 10.0. The fourth-order valence-electron chi connectivity index (χ4n) is 1.88. The van der Waals surface area contributed by atoms with Crippen LogP contribution in [0.3, 0.4) is 0 Å². The summed E-state index contributed by atoms with van der Waals surface area (Å²) in [7, 11) is 1.64. The molecule has 0 saturated carbocycles. The molecule has 0 saturated heterocycles. The number of methoxy groups -OCH3 is 1. The van der Waals surface area contributed by atoms with Gasteiger partial charge in [0.25, 0.3) is 0 Å². The molecule has 1 unspecified atom stereocenters. The van der Waals surface area contributed by atoms with Gasteiger partial charge in [-0.1, -0.05) is 12.1 Å². The summed E-state index contributed by atoms with van der Waals surface area (Å²) in [6.45, 7) is 2.55. The van der Waals surface area contributed by atoms with E-state index >= 15 is 0 Å². The topological polar surface area (TPSA) is 57.4 Å². The van der Waals surface area contributed by atoms with Crippen molar-refractivity contribution >= 4 is 0 Å². The second kappa shape index (κ2) is 6.20. The molecule has 4 nitrogen and oxygen atoms in total. The minimum absolute atomic E-state index is 0.247. The van der Waals surface area contributed by atoms with Crippen LogP contribution in [-0.4, -0.2) is 18.7 Å². The van der Waals surface area contributed by atoms with E-state index in [0.29, 0.717) is 6.61 Å². The molecule has 2 aromatic rings. The number of hydrogen-bond acceptors (Lipinski definition) is 4. The molecule has 1 atom stereocenters. The average molecular weight is 258 g/mol. The van der Waals surface area contributed by atoms with E-state index in [4.69, 9.17) is 15.2 Å². The summed E-state index contributed by atoms with van der Waals surface area (Å²) in [6, 6.07) is 9.39. The molecule has 0 aliphatic carbocycles. The van der Waals surface area contributed by atoms with E-state index in [1.807, 2.05) is 37.3 Å². The lowest BCUT2D eigenvalue weighted by Crippen LogP contribution is -2.12. The fourth-order valence-corrected chi connectivity index (χ4v) is 1.88. The lowest BCUT2D eigenvalue weighted by molar-refractivity contribution is 0.338. The average Bonchev–Trinajstić information content (AvgIpc) is 2.47. The Morgan fingerprint density at radius 2 is 1.95 bits per heavy atom. The number of nitrogens with zero attached hydrogens (tertiary/aromatic N) is 1. The molecule has 0 bridgehead atoms. The molecule has 100 valence electrons. The van der Waals surface area contributed by atoms with E-state index in [-0.39, 0.29) is 6.04 Å². The number of nitrogens with two attached hydrogens (primary N) is 1. The van der Waals surface area contributed by atoms with Gasteiger partial charge in [0.05, 0.1) is 26.0 Å². The molecule has 4 heteroatoms. The van der Waals surface area contributed by atoms with Crippen molar-refractivity contribution in [3.05, 3.63) is 53.9 Å². The molecular weight excluding hydrogens is 240 g/mol. The number of hydrogen-bond donors (Lipinski definition) is 1. The monoisotopic (exact) mass is 258 g/mol. The Bertz CT molecular complexity index is 543. The predicted octanol–water partition coefficient (Wildman–Crippen LogP) is 2.54. The Hall–Kier alpha value is -2.07. The standard InChI is InChI=1S/C15H18N2O2/c1-3-19-14-8-12(9-17-10-14)15(16)11-5-4-6-13(7-11)18-2/h4-10,15H,3,16H2,1-2H3. The maximum atomic E-state index is 6.25. The second-order valence-electron chi connectivity index (χ2n) is 4.14. The number of aromatic nitrogens is 1. The Balaban J connectivity index is 2.27. The van der Waals surface area contributed by atoms with Crippen molar-refractivity contribution in [3.63, 3.8) is 0 Å². The normalized spacial score (nSPS) is 11.9. The maximum Gasteiger partial charge on any atom is 0.137 e. The van der Waals surface area contributed by atoms with Gasteiger partial charge in [0.1, 0.15) is 11.5 Å². The van der Waals surface area contributed by atoms with Crippen LogP contribution >= 0.6 is 0 Å². The van der Waals surface area contributed by atoms with Gasteiger partial charge in [0.2, 0.25) is 0 Å². The number of rotatable bonds is 5. The van der Waals surface area contributed by atoms with Crippen molar-refractivity contribution in [1.82, 2.24) is 4.98 Å². The first-order valence-electron chi connectivity index (χ1n) is 6.22. The molecular formula is C15H18N2O2. The fraction of sp³-hybridized carbons (Fsp3) is 0.267. The SMILES string of the molecule is CCOc1cncc(C(N)c2cccc(OC)c2)c1. The minimum Gasteiger partial charge on any atom is -0.497 e. The molecule has 1 aromatic heterocycles. The summed E-state index contributed by atoms with van der Waals surface area (Å²) in [4.78, 5) is 4.16. The highest BCUT2D eigenvalue weighted by Crippen LogP contribution is 2.24. The highest BCUT2D eigenvalue weighted by Gasteiger charge is 2.11. The summed E-state index contributed by atoms with van der Waals surface area (Å²) in [6.07, 6.45) is 3.44. The Morgan fingerprint density at radius 1 is 1.16 bits per heavy atom. The third-order valence-corrected chi connectivity index (χ3v) is 2.86. The van der Waals surface area contributed by atoms with Crippen molar-refractivity contribution in [1.29, 1.82) is 0 Å². The largest absolute Gasteiger partial charge is 0.497 e. The third-order valence-electron chi connectivity index (χ3n) is 2.86. The van der Waals surface area contributed by atoms with Crippen LogP contribution in [0.25, 0.3) is 0 Å². The van der Waals surface area contributed by atoms with E-state index in [2.05, 4.69) is 4.98 Å². The summed E-state index contributed by atoms with van der Waals surface area (Å²) in [5.41, 5.74) is 8.15. The van der Waals surface area contributed by atoms with E-state index < -0.39 is 0 Å². The zero-order valence-electron chi connectivity index (χ0n) is 11.2. The molecule has 0 fully saturated rings. The Kier molecular flexibility index (Phi) is 4.36. The second-order valence-corrected chi connectivity index (χ2v) is 4.14. The molecule has 0 amide bonds. The van der Waals surface area contributed by atoms with Gasteiger partial charge in [-0.2, -0.15) is 0 Å². The van der Waals surface area contributed by atoms with Gasteiger partial charge in [-0.05, 0) is 36.2 Å². The molecule has 1 aromatic carbocycles. The van der Waals surface area contributed by atoms with Gasteiger partial charge in [0, 0.05) is 6.20 Å². The van der Waals surface area contributed by atoms with Crippen molar-refractivity contribution in [2.45, 2.75) is 13.0 Å². The van der Waals surface area contributed by atoms with Crippen molar-refractivity contribution in [2.24, 2.45) is 5.73 Å². The summed E-state index contributed by atoms with van der Waals surface area (Å²) >= 11 is 0. The predicted molar refractivity (Wildman–Crippen MR) is 74.4 cm³/mol. The van der Waals surface area contributed by atoms with Crippen molar-refractivity contribution in [3.8, 4) is 11.5 Å². The minimum atomic E-state index is -0.247. The molecule has 0 spiro atoms. The molecule has 19 heavy (non-hydrogen) atoms. The first-order chi connectivity index (χ1) is 9.24. The first-order valence-corrected chi connectivity index (χ1v) is 6.22. The van der Waals surface area contributed by atoms with Crippen LogP contribution in [0, 0.1) is 0 Å². The van der Waals surface area contributed by atoms with Crippen LogP contribution in [0.4, 0.5) is 0 Å². The van der Waals surface area contributed by atoms with Crippen molar-refractivity contribution in [2.75, 3.05) is 13.7 Å².